The number of hydrogen-bond acceptors (Lipinski definition) is 8. The van der Waals surface area contributed by atoms with Crippen LogP contribution in [0.3, 0.4) is 0 Å². The van der Waals surface area contributed by atoms with E-state index in [4.69, 9.17) is 19.5 Å². The number of thioether (sulfide) groups is 1. The summed E-state index contributed by atoms with van der Waals surface area (Å²) in [4.78, 5) is 15.0. The summed E-state index contributed by atoms with van der Waals surface area (Å²) in [7, 11) is 3.16. The first-order valence-electron chi connectivity index (χ1n) is 11.0. The van der Waals surface area contributed by atoms with E-state index in [2.05, 4.69) is 29.3 Å². The van der Waals surface area contributed by atoms with Crippen LogP contribution in [0.2, 0.25) is 0 Å². The molecule has 3 aromatic rings. The Morgan fingerprint density at radius 3 is 2.34 bits per heavy atom. The van der Waals surface area contributed by atoms with Crippen molar-refractivity contribution in [2.75, 3.05) is 19.5 Å². The summed E-state index contributed by atoms with van der Waals surface area (Å²) in [6.45, 7) is 4.00. The number of carbonyl (C=O) groups is 1. The minimum absolute atomic E-state index is 0.324. The number of amides is 1. The van der Waals surface area contributed by atoms with E-state index in [-0.39, 0.29) is 5.91 Å². The largest absolute Gasteiger partial charge is 0.493 e. The highest BCUT2D eigenvalue weighted by molar-refractivity contribution is 8.00. The number of hydrogen-bond donors (Lipinski definition) is 3. The fourth-order valence-electron chi connectivity index (χ4n) is 3.35. The lowest BCUT2D eigenvalue weighted by atomic mass is 10.1. The van der Waals surface area contributed by atoms with Gasteiger partial charge in [0, 0.05) is 10.5 Å². The molecule has 1 heterocycles. The molecule has 1 aliphatic heterocycles. The van der Waals surface area contributed by atoms with Crippen LogP contribution in [0.15, 0.2) is 70.5 Å². The van der Waals surface area contributed by atoms with E-state index >= 15 is 0 Å². The van der Waals surface area contributed by atoms with Gasteiger partial charge in [0.05, 0.1) is 36.4 Å². The minimum atomic E-state index is -0.908. The Morgan fingerprint density at radius 1 is 1.06 bits per heavy atom. The molecule has 2 N–H and O–H groups in total. The number of thiol groups is 1. The second-order valence-electron chi connectivity index (χ2n) is 7.05. The molecule has 0 bridgehead atoms. The maximum atomic E-state index is 13.3. The zero-order valence-electron chi connectivity index (χ0n) is 19.9. The Bertz CT molecular complexity index is 1190. The van der Waals surface area contributed by atoms with E-state index in [0.717, 1.165) is 15.5 Å². The van der Waals surface area contributed by atoms with Crippen molar-refractivity contribution in [3.8, 4) is 23.3 Å². The van der Waals surface area contributed by atoms with Gasteiger partial charge in [-0.3, -0.25) is 4.79 Å². The first-order valence-corrected chi connectivity index (χ1v) is 12.3. The third-order valence-corrected chi connectivity index (χ3v) is 6.38. The number of anilines is 1. The van der Waals surface area contributed by atoms with Crippen molar-refractivity contribution in [3.63, 3.8) is 0 Å². The highest BCUT2D eigenvalue weighted by Gasteiger charge is 2.31. The summed E-state index contributed by atoms with van der Waals surface area (Å²) in [6.07, 6.45) is -0.908. The molecule has 3 aromatic carbocycles. The molecule has 0 saturated carbocycles. The maximum absolute atomic E-state index is 13.3. The fraction of sp³-hybridized carbons (Fsp3) is 0.231. The summed E-state index contributed by atoms with van der Waals surface area (Å²) in [5.74, 6) is 1.38. The van der Waals surface area contributed by atoms with Crippen LogP contribution in [0, 0.1) is 11.3 Å². The van der Waals surface area contributed by atoms with E-state index in [1.807, 2.05) is 26.0 Å². The van der Waals surface area contributed by atoms with Gasteiger partial charge in [-0.05, 0) is 48.5 Å². The molecule has 182 valence electrons. The Balaban J connectivity index is 0.00000167. The zero-order chi connectivity index (χ0) is 25.4. The summed E-state index contributed by atoms with van der Waals surface area (Å²) in [5, 5.41) is 15.3. The molecular weight excluding hydrogens is 482 g/mol. The van der Waals surface area contributed by atoms with Crippen LogP contribution in [0.1, 0.15) is 31.1 Å². The lowest BCUT2D eigenvalue weighted by molar-refractivity contribution is -0.128. The topological polar surface area (TPSA) is 92.6 Å². The zero-order valence-corrected chi connectivity index (χ0v) is 21.6. The van der Waals surface area contributed by atoms with Crippen molar-refractivity contribution in [1.82, 2.24) is 5.32 Å². The van der Waals surface area contributed by atoms with E-state index < -0.39 is 11.6 Å². The first kappa shape index (κ1) is 26.1. The SMILES string of the molecule is CC.COc1ccc2c(c1OC)SC(NC(=O)C(Oc1ccc(C#N)cc1)c1ccc(S)cc1)N2. The van der Waals surface area contributed by atoms with Gasteiger partial charge in [-0.15, -0.1) is 12.6 Å². The number of nitrogens with zero attached hydrogens (tertiary/aromatic N) is 1. The molecule has 4 rings (SSSR count). The van der Waals surface area contributed by atoms with Crippen molar-refractivity contribution < 1.29 is 19.0 Å². The number of nitriles is 1. The van der Waals surface area contributed by atoms with Crippen molar-refractivity contribution in [2.45, 2.75) is 35.2 Å². The lowest BCUT2D eigenvalue weighted by Gasteiger charge is -2.21. The molecule has 0 aromatic heterocycles. The van der Waals surface area contributed by atoms with Gasteiger partial charge in [-0.1, -0.05) is 37.7 Å². The van der Waals surface area contributed by atoms with Gasteiger partial charge < -0.3 is 24.8 Å². The van der Waals surface area contributed by atoms with E-state index in [1.54, 1.807) is 62.8 Å². The normalized spacial score (nSPS) is 14.2. The molecule has 0 spiro atoms. The van der Waals surface area contributed by atoms with Crippen LogP contribution >= 0.6 is 24.4 Å². The predicted octanol–water partition coefficient (Wildman–Crippen LogP) is 5.63. The number of benzene rings is 3. The first-order chi connectivity index (χ1) is 17.0. The number of ether oxygens (including phenoxy) is 3. The molecule has 0 aliphatic carbocycles. The maximum Gasteiger partial charge on any atom is 0.268 e. The number of fused-ring (bicyclic) bond motifs is 1. The Hall–Kier alpha value is -3.48. The summed E-state index contributed by atoms with van der Waals surface area (Å²) >= 11 is 5.74. The Labute approximate surface area is 215 Å². The Kier molecular flexibility index (Phi) is 9.18. The molecule has 2 unspecified atom stereocenters. The van der Waals surface area contributed by atoms with Crippen LogP contribution in [-0.2, 0) is 4.79 Å². The van der Waals surface area contributed by atoms with Gasteiger partial charge in [-0.25, -0.2) is 0 Å². The van der Waals surface area contributed by atoms with Crippen LogP contribution in [0.4, 0.5) is 5.69 Å². The van der Waals surface area contributed by atoms with E-state index in [9.17, 15) is 4.79 Å². The highest BCUT2D eigenvalue weighted by atomic mass is 32.2. The summed E-state index contributed by atoms with van der Waals surface area (Å²) < 4.78 is 16.9. The molecule has 2 atom stereocenters. The molecular formula is C26H27N3O4S2. The van der Waals surface area contributed by atoms with Gasteiger partial charge in [-0.2, -0.15) is 5.26 Å². The number of carbonyl (C=O) groups excluding carboxylic acids is 1. The smallest absolute Gasteiger partial charge is 0.268 e. The second-order valence-corrected chi connectivity index (χ2v) is 8.69. The van der Waals surface area contributed by atoms with E-state index in [1.165, 1.54) is 11.8 Å². The molecule has 9 heteroatoms. The fourth-order valence-corrected chi connectivity index (χ4v) is 4.65. The molecule has 1 amide bonds. The van der Waals surface area contributed by atoms with Gasteiger partial charge in [0.15, 0.2) is 17.0 Å². The number of methoxy groups -OCH3 is 2. The van der Waals surface area contributed by atoms with Crippen molar-refractivity contribution in [2.24, 2.45) is 0 Å². The number of nitrogens with one attached hydrogen (secondary N) is 2. The molecule has 0 fully saturated rings. The molecule has 35 heavy (non-hydrogen) atoms. The summed E-state index contributed by atoms with van der Waals surface area (Å²) in [5.41, 5.74) is 1.60. The Morgan fingerprint density at radius 2 is 1.74 bits per heavy atom. The van der Waals surface area contributed by atoms with E-state index in [0.29, 0.717) is 28.4 Å². The van der Waals surface area contributed by atoms with Crippen LogP contribution < -0.4 is 24.8 Å². The van der Waals surface area contributed by atoms with Crippen molar-refractivity contribution in [1.29, 1.82) is 5.26 Å². The quantitative estimate of drug-likeness (QED) is 0.356. The predicted molar refractivity (Wildman–Crippen MR) is 141 cm³/mol. The van der Waals surface area contributed by atoms with Crippen molar-refractivity contribution in [3.05, 3.63) is 71.8 Å². The molecule has 0 saturated heterocycles. The molecule has 0 radical (unpaired) electrons. The van der Waals surface area contributed by atoms with Gasteiger partial charge >= 0.3 is 0 Å². The van der Waals surface area contributed by atoms with Gasteiger partial charge in [0.25, 0.3) is 5.91 Å². The molecule has 7 nitrogen and oxygen atoms in total. The minimum Gasteiger partial charge on any atom is -0.493 e. The average Bonchev–Trinajstić information content (AvgIpc) is 3.31. The lowest BCUT2D eigenvalue weighted by Crippen LogP contribution is -2.40. The van der Waals surface area contributed by atoms with Gasteiger partial charge in [0.2, 0.25) is 6.10 Å². The highest BCUT2D eigenvalue weighted by Crippen LogP contribution is 2.48. The molecule has 1 aliphatic rings. The van der Waals surface area contributed by atoms with Crippen LogP contribution in [0.25, 0.3) is 0 Å². The van der Waals surface area contributed by atoms with Crippen LogP contribution in [-0.4, -0.2) is 25.6 Å². The van der Waals surface area contributed by atoms with Crippen molar-refractivity contribution >= 4 is 36.0 Å². The monoisotopic (exact) mass is 509 g/mol. The number of rotatable bonds is 7. The third kappa shape index (κ3) is 6.15. The standard InChI is InChI=1S/C24H21N3O4S2.C2H6/c1-29-19-12-11-18-22(21(19)30-2)33-24(26-18)27-23(28)20(15-5-9-17(32)10-6-15)31-16-7-3-14(13-25)4-8-16;1-2/h3-12,20,24,26,32H,1-2H3,(H,27,28);1-2H3. The average molecular weight is 510 g/mol. The third-order valence-electron chi connectivity index (χ3n) is 4.97. The van der Waals surface area contributed by atoms with Crippen LogP contribution in [0.5, 0.6) is 17.2 Å². The second kappa shape index (κ2) is 12.3. The summed E-state index contributed by atoms with van der Waals surface area (Å²) in [6, 6.07) is 19.6. The van der Waals surface area contributed by atoms with Gasteiger partial charge in [0.1, 0.15) is 5.75 Å².